The normalized spacial score (nSPS) is 10.4. The van der Waals surface area contributed by atoms with E-state index in [9.17, 15) is 4.79 Å². The first kappa shape index (κ1) is 12.3. The van der Waals surface area contributed by atoms with Gasteiger partial charge in [-0.1, -0.05) is 11.6 Å². The highest BCUT2D eigenvalue weighted by Gasteiger charge is 2.07. The van der Waals surface area contributed by atoms with Gasteiger partial charge in [0.2, 0.25) is 0 Å². The summed E-state index contributed by atoms with van der Waals surface area (Å²) in [6.07, 6.45) is 0. The highest BCUT2D eigenvalue weighted by atomic mass is 127. The molecule has 0 aliphatic heterocycles. The summed E-state index contributed by atoms with van der Waals surface area (Å²) in [5.74, 6) is -0.0383. The third kappa shape index (κ3) is 3.19. The lowest BCUT2D eigenvalue weighted by molar-refractivity contribution is 0.0951. The molecule has 0 saturated heterocycles. The van der Waals surface area contributed by atoms with Crippen LogP contribution in [0.25, 0.3) is 0 Å². The van der Waals surface area contributed by atoms with Crippen molar-refractivity contribution in [1.82, 2.24) is 5.32 Å². The maximum Gasteiger partial charge on any atom is 0.252 e. The fourth-order valence-corrected chi connectivity index (χ4v) is 3.50. The summed E-state index contributed by atoms with van der Waals surface area (Å²) in [7, 11) is 0. The van der Waals surface area contributed by atoms with Crippen molar-refractivity contribution in [1.29, 1.82) is 0 Å². The van der Waals surface area contributed by atoms with Crippen LogP contribution in [0.2, 0.25) is 4.34 Å². The Labute approximate surface area is 120 Å². The van der Waals surface area contributed by atoms with Crippen LogP contribution in [0.5, 0.6) is 0 Å². The summed E-state index contributed by atoms with van der Waals surface area (Å²) in [5, 5.41) is 4.72. The van der Waals surface area contributed by atoms with Gasteiger partial charge in [0.1, 0.15) is 0 Å². The van der Waals surface area contributed by atoms with E-state index in [4.69, 9.17) is 11.6 Å². The number of hydrogen-bond donors (Lipinski definition) is 1. The Kier molecular flexibility index (Phi) is 4.23. The zero-order valence-electron chi connectivity index (χ0n) is 8.00. The molecule has 2 nitrogen and oxygen atoms in total. The number of hydrogen-bond acceptors (Lipinski definition) is 3. The van der Waals surface area contributed by atoms with Crippen molar-refractivity contribution >= 4 is 62.8 Å². The van der Waals surface area contributed by atoms with Crippen LogP contribution in [0.3, 0.4) is 0 Å². The van der Waals surface area contributed by atoms with E-state index in [0.29, 0.717) is 6.54 Å². The highest BCUT2D eigenvalue weighted by molar-refractivity contribution is 14.1. The van der Waals surface area contributed by atoms with Crippen LogP contribution in [0.1, 0.15) is 15.2 Å². The maximum atomic E-state index is 11.7. The van der Waals surface area contributed by atoms with E-state index in [-0.39, 0.29) is 5.91 Å². The van der Waals surface area contributed by atoms with Gasteiger partial charge in [-0.3, -0.25) is 4.79 Å². The minimum absolute atomic E-state index is 0.0383. The molecule has 0 atom stereocenters. The molecule has 2 aromatic rings. The Balaban J connectivity index is 1.93. The number of halogens is 2. The van der Waals surface area contributed by atoms with Gasteiger partial charge < -0.3 is 5.32 Å². The Bertz CT molecular complexity index is 508. The van der Waals surface area contributed by atoms with Gasteiger partial charge in [-0.25, -0.2) is 0 Å². The zero-order valence-corrected chi connectivity index (χ0v) is 12.5. The Morgan fingerprint density at radius 2 is 2.31 bits per heavy atom. The molecule has 16 heavy (non-hydrogen) atoms. The van der Waals surface area contributed by atoms with E-state index in [0.717, 1.165) is 17.7 Å². The number of carbonyl (C=O) groups excluding carboxylic acids is 1. The topological polar surface area (TPSA) is 29.1 Å². The first-order valence-electron chi connectivity index (χ1n) is 4.41. The van der Waals surface area contributed by atoms with E-state index in [1.807, 2.05) is 23.6 Å². The second-order valence-electron chi connectivity index (χ2n) is 3.03. The molecule has 6 heteroatoms. The van der Waals surface area contributed by atoms with Gasteiger partial charge >= 0.3 is 0 Å². The molecular formula is C10H7ClINOS2. The molecule has 1 N–H and O–H groups in total. The average Bonchev–Trinajstić information content (AvgIpc) is 2.84. The molecular weight excluding hydrogens is 377 g/mol. The van der Waals surface area contributed by atoms with E-state index in [2.05, 4.69) is 27.9 Å². The van der Waals surface area contributed by atoms with Crippen molar-refractivity contribution < 1.29 is 4.79 Å². The second kappa shape index (κ2) is 5.48. The summed E-state index contributed by atoms with van der Waals surface area (Å²) >= 11 is 11.1. The van der Waals surface area contributed by atoms with Gasteiger partial charge in [0.05, 0.1) is 19.3 Å². The molecule has 0 aliphatic rings. The number of rotatable bonds is 3. The summed E-state index contributed by atoms with van der Waals surface area (Å²) in [4.78, 5) is 12.8. The molecule has 2 aromatic heterocycles. The lowest BCUT2D eigenvalue weighted by atomic mass is 10.3. The first-order valence-corrected chi connectivity index (χ1v) is 7.57. The molecule has 84 valence electrons. The van der Waals surface area contributed by atoms with Gasteiger partial charge in [0, 0.05) is 10.3 Å². The third-order valence-electron chi connectivity index (χ3n) is 1.88. The minimum Gasteiger partial charge on any atom is -0.347 e. The number of thiophene rings is 2. The molecule has 0 fully saturated rings. The lowest BCUT2D eigenvalue weighted by Gasteiger charge is -2.00. The largest absolute Gasteiger partial charge is 0.347 e. The number of carbonyl (C=O) groups is 1. The molecule has 2 heterocycles. The second-order valence-corrected chi connectivity index (χ2v) is 7.63. The van der Waals surface area contributed by atoms with Gasteiger partial charge in [-0.05, 0) is 40.8 Å². The van der Waals surface area contributed by atoms with Crippen LogP contribution in [-0.2, 0) is 6.54 Å². The van der Waals surface area contributed by atoms with Crippen LogP contribution in [-0.4, -0.2) is 5.91 Å². The van der Waals surface area contributed by atoms with Gasteiger partial charge in [0.15, 0.2) is 0 Å². The van der Waals surface area contributed by atoms with Crippen LogP contribution >= 0.6 is 56.9 Å². The van der Waals surface area contributed by atoms with E-state index < -0.39 is 0 Å². The first-order chi connectivity index (χ1) is 7.65. The Morgan fingerprint density at radius 1 is 1.50 bits per heavy atom. The Hall–Kier alpha value is -0.110. The van der Waals surface area contributed by atoms with Gasteiger partial charge in [-0.2, -0.15) is 0 Å². The monoisotopic (exact) mass is 383 g/mol. The summed E-state index contributed by atoms with van der Waals surface area (Å²) < 4.78 is 1.86. The summed E-state index contributed by atoms with van der Waals surface area (Å²) in [6, 6.07) is 5.63. The molecule has 0 spiro atoms. The zero-order chi connectivity index (χ0) is 11.5. The van der Waals surface area contributed by atoms with Crippen LogP contribution < -0.4 is 5.32 Å². The molecule has 0 radical (unpaired) electrons. The molecule has 0 saturated carbocycles. The van der Waals surface area contributed by atoms with Crippen LogP contribution in [0.15, 0.2) is 23.6 Å². The fraction of sp³-hybridized carbons (Fsp3) is 0.100. The van der Waals surface area contributed by atoms with Gasteiger partial charge in [0.25, 0.3) is 5.91 Å². The predicted molar refractivity (Wildman–Crippen MR) is 77.5 cm³/mol. The molecule has 0 aliphatic carbocycles. The molecule has 0 bridgehead atoms. The highest BCUT2D eigenvalue weighted by Crippen LogP contribution is 2.21. The minimum atomic E-state index is -0.0383. The van der Waals surface area contributed by atoms with Crippen molar-refractivity contribution in [3.05, 3.63) is 41.2 Å². The standard InChI is InChI=1S/C10H7ClINOS2/c11-8-2-1-7(16-8)4-13-10(14)6-3-9(12)15-5-6/h1-3,5H,4H2,(H,13,14). The van der Waals surface area contributed by atoms with Crippen LogP contribution in [0, 0.1) is 2.88 Å². The molecule has 0 unspecified atom stereocenters. The van der Waals surface area contributed by atoms with E-state index in [1.165, 1.54) is 11.3 Å². The van der Waals surface area contributed by atoms with Crippen molar-refractivity contribution in [2.24, 2.45) is 0 Å². The van der Waals surface area contributed by atoms with E-state index >= 15 is 0 Å². The molecule has 2 rings (SSSR count). The number of amides is 1. The maximum absolute atomic E-state index is 11.7. The number of nitrogens with one attached hydrogen (secondary N) is 1. The van der Waals surface area contributed by atoms with Crippen molar-refractivity contribution in [3.8, 4) is 0 Å². The van der Waals surface area contributed by atoms with Crippen molar-refractivity contribution in [2.75, 3.05) is 0 Å². The summed E-state index contributed by atoms with van der Waals surface area (Å²) in [6.45, 7) is 0.530. The van der Waals surface area contributed by atoms with Gasteiger partial charge in [-0.15, -0.1) is 22.7 Å². The quantitative estimate of drug-likeness (QED) is 0.798. The smallest absolute Gasteiger partial charge is 0.252 e. The molecule has 1 amide bonds. The Morgan fingerprint density at radius 3 is 2.88 bits per heavy atom. The fourth-order valence-electron chi connectivity index (χ4n) is 1.15. The predicted octanol–water partition coefficient (Wildman–Crippen LogP) is 4.00. The lowest BCUT2D eigenvalue weighted by Crippen LogP contribution is -2.21. The average molecular weight is 384 g/mol. The third-order valence-corrected chi connectivity index (χ3v) is 4.90. The van der Waals surface area contributed by atoms with Crippen LogP contribution in [0.4, 0.5) is 0 Å². The van der Waals surface area contributed by atoms with Crippen molar-refractivity contribution in [2.45, 2.75) is 6.54 Å². The summed E-state index contributed by atoms with van der Waals surface area (Å²) in [5.41, 5.74) is 0.719. The van der Waals surface area contributed by atoms with Crippen molar-refractivity contribution in [3.63, 3.8) is 0 Å². The SMILES string of the molecule is O=C(NCc1ccc(Cl)s1)c1csc(I)c1. The molecule has 0 aromatic carbocycles. The van der Waals surface area contributed by atoms with E-state index in [1.54, 1.807) is 11.3 Å².